The molecule has 0 aliphatic heterocycles. The number of rotatable bonds is 10. The van der Waals surface area contributed by atoms with E-state index in [0.29, 0.717) is 0 Å². The molecule has 352 valence electrons. The van der Waals surface area contributed by atoms with Gasteiger partial charge in [-0.25, -0.2) is 0 Å². The van der Waals surface area contributed by atoms with E-state index >= 15 is 0 Å². The molecule has 13 aromatic rings. The van der Waals surface area contributed by atoms with E-state index in [0.717, 1.165) is 45.0 Å². The maximum atomic E-state index is 2.46. The van der Waals surface area contributed by atoms with E-state index in [1.165, 1.54) is 77.4 Å². The zero-order valence-electron chi connectivity index (χ0n) is 41.3. The highest BCUT2D eigenvalue weighted by Gasteiger charge is 2.46. The summed E-state index contributed by atoms with van der Waals surface area (Å²) in [5.41, 5.74) is 23.3. The Morgan fingerprint density at radius 2 is 0.720 bits per heavy atom. The maximum Gasteiger partial charge on any atom is 0.0714 e. The SMILES string of the molecule is c1ccc(-c2cc(-c3ccccc3)cc(-n3c4ccccc4c4ccc(-c5cccc(-c6cccc(N(c7ccccc7)c7ccc8c(c7)C(c7ccccc7)(c7ccccc7)c7ccccc7-8)c6)c5)cc43)c2)cc1. The molecule has 12 aromatic carbocycles. The summed E-state index contributed by atoms with van der Waals surface area (Å²) in [4.78, 5) is 2.42. The van der Waals surface area contributed by atoms with Gasteiger partial charge in [0.2, 0.25) is 0 Å². The van der Waals surface area contributed by atoms with E-state index in [2.05, 4.69) is 313 Å². The zero-order valence-corrected chi connectivity index (χ0v) is 41.3. The van der Waals surface area contributed by atoms with Gasteiger partial charge < -0.3 is 9.47 Å². The first-order valence-corrected chi connectivity index (χ1v) is 25.9. The molecule has 0 atom stereocenters. The molecule has 14 rings (SSSR count). The summed E-state index contributed by atoms with van der Waals surface area (Å²) in [6.45, 7) is 0. The molecule has 75 heavy (non-hydrogen) atoms. The lowest BCUT2D eigenvalue weighted by Crippen LogP contribution is -2.28. The average Bonchev–Trinajstić information content (AvgIpc) is 4.03. The second-order valence-electron chi connectivity index (χ2n) is 19.6. The van der Waals surface area contributed by atoms with Crippen LogP contribution in [0.15, 0.2) is 303 Å². The average molecular weight is 955 g/mol. The number of anilines is 3. The molecule has 1 aliphatic carbocycles. The van der Waals surface area contributed by atoms with Crippen LogP contribution in [0.5, 0.6) is 0 Å². The quantitative estimate of drug-likeness (QED) is 0.133. The molecule has 0 amide bonds. The van der Waals surface area contributed by atoms with Crippen molar-refractivity contribution in [3.05, 3.63) is 326 Å². The molecule has 0 unspecified atom stereocenters. The van der Waals surface area contributed by atoms with Gasteiger partial charge in [-0.15, -0.1) is 0 Å². The van der Waals surface area contributed by atoms with Crippen molar-refractivity contribution in [3.8, 4) is 61.3 Å². The van der Waals surface area contributed by atoms with Crippen LogP contribution in [0.1, 0.15) is 22.3 Å². The molecule has 1 aliphatic rings. The molecule has 2 nitrogen and oxygen atoms in total. The van der Waals surface area contributed by atoms with Crippen molar-refractivity contribution in [2.75, 3.05) is 4.90 Å². The van der Waals surface area contributed by atoms with Crippen molar-refractivity contribution in [2.24, 2.45) is 0 Å². The molecule has 0 N–H and O–H groups in total. The summed E-state index contributed by atoms with van der Waals surface area (Å²) in [5, 5.41) is 2.46. The second-order valence-corrected chi connectivity index (χ2v) is 19.6. The first kappa shape index (κ1) is 44.0. The van der Waals surface area contributed by atoms with Gasteiger partial charge in [0.25, 0.3) is 0 Å². The highest BCUT2D eigenvalue weighted by atomic mass is 15.1. The molecular weight excluding hydrogens is 905 g/mol. The fourth-order valence-electron chi connectivity index (χ4n) is 12.1. The van der Waals surface area contributed by atoms with Crippen molar-refractivity contribution in [1.82, 2.24) is 4.57 Å². The maximum absolute atomic E-state index is 2.46. The third kappa shape index (κ3) is 7.49. The van der Waals surface area contributed by atoms with Gasteiger partial charge in [-0.3, -0.25) is 0 Å². The summed E-state index contributed by atoms with van der Waals surface area (Å²) in [7, 11) is 0. The van der Waals surface area contributed by atoms with Gasteiger partial charge in [0, 0.05) is 33.5 Å². The summed E-state index contributed by atoms with van der Waals surface area (Å²) in [6, 6.07) is 111. The molecule has 0 spiro atoms. The molecule has 1 heterocycles. The fraction of sp³-hybridized carbons (Fsp3) is 0.0137. The Bertz CT molecular complexity index is 4120. The van der Waals surface area contributed by atoms with E-state index < -0.39 is 5.41 Å². The van der Waals surface area contributed by atoms with E-state index in [-0.39, 0.29) is 0 Å². The number of hydrogen-bond donors (Lipinski definition) is 0. The first-order valence-electron chi connectivity index (χ1n) is 25.9. The molecule has 0 bridgehead atoms. The summed E-state index contributed by atoms with van der Waals surface area (Å²) < 4.78 is 2.46. The number of fused-ring (bicyclic) bond motifs is 6. The summed E-state index contributed by atoms with van der Waals surface area (Å²) in [6.07, 6.45) is 0. The highest BCUT2D eigenvalue weighted by molar-refractivity contribution is 6.10. The van der Waals surface area contributed by atoms with Crippen molar-refractivity contribution < 1.29 is 0 Å². The number of para-hydroxylation sites is 2. The minimum absolute atomic E-state index is 0.510. The zero-order chi connectivity index (χ0) is 49.7. The lowest BCUT2D eigenvalue weighted by Gasteiger charge is -2.35. The molecule has 0 saturated heterocycles. The van der Waals surface area contributed by atoms with Crippen LogP contribution in [0.3, 0.4) is 0 Å². The van der Waals surface area contributed by atoms with Gasteiger partial charge in [0.1, 0.15) is 0 Å². The fourth-order valence-corrected chi connectivity index (χ4v) is 12.1. The second kappa shape index (κ2) is 18.4. The molecule has 0 saturated carbocycles. The minimum Gasteiger partial charge on any atom is -0.310 e. The van der Waals surface area contributed by atoms with Gasteiger partial charge in [-0.2, -0.15) is 0 Å². The third-order valence-corrected chi connectivity index (χ3v) is 15.4. The highest BCUT2D eigenvalue weighted by Crippen LogP contribution is 2.57. The minimum atomic E-state index is -0.510. The van der Waals surface area contributed by atoms with Crippen molar-refractivity contribution in [3.63, 3.8) is 0 Å². The lowest BCUT2D eigenvalue weighted by atomic mass is 9.67. The van der Waals surface area contributed by atoms with Crippen LogP contribution < -0.4 is 4.90 Å². The monoisotopic (exact) mass is 954 g/mol. The smallest absolute Gasteiger partial charge is 0.0714 e. The Kier molecular flexibility index (Phi) is 10.8. The van der Waals surface area contributed by atoms with E-state index in [1.54, 1.807) is 0 Å². The Morgan fingerprint density at radius 1 is 0.253 bits per heavy atom. The van der Waals surface area contributed by atoms with Crippen molar-refractivity contribution in [1.29, 1.82) is 0 Å². The Balaban J connectivity index is 0.887. The van der Waals surface area contributed by atoms with Crippen LogP contribution in [-0.2, 0) is 5.41 Å². The van der Waals surface area contributed by atoms with Gasteiger partial charge in [0.05, 0.1) is 16.4 Å². The summed E-state index contributed by atoms with van der Waals surface area (Å²) >= 11 is 0. The molecule has 0 radical (unpaired) electrons. The van der Waals surface area contributed by atoms with Gasteiger partial charge in [0.15, 0.2) is 0 Å². The van der Waals surface area contributed by atoms with Crippen LogP contribution in [0.4, 0.5) is 17.1 Å². The topological polar surface area (TPSA) is 8.17 Å². The van der Waals surface area contributed by atoms with Crippen molar-refractivity contribution in [2.45, 2.75) is 5.41 Å². The Hall–Kier alpha value is -9.76. The lowest BCUT2D eigenvalue weighted by molar-refractivity contribution is 0.768. The molecule has 2 heteroatoms. The number of benzene rings is 12. The van der Waals surface area contributed by atoms with Crippen LogP contribution >= 0.6 is 0 Å². The van der Waals surface area contributed by atoms with Gasteiger partial charge in [-0.1, -0.05) is 231 Å². The number of hydrogen-bond acceptors (Lipinski definition) is 1. The van der Waals surface area contributed by atoms with Crippen molar-refractivity contribution >= 4 is 38.9 Å². The Morgan fingerprint density at radius 3 is 1.39 bits per heavy atom. The standard InChI is InChI=1S/C73H50N2/c1-6-22-51(23-7-1)57-45-58(52-24-8-2-9-25-52)48-64(47-57)75-71-39-19-17-37-67(71)68-42-40-56(49-72(68)75)54-27-20-26-53(44-54)55-28-21-35-62(46-55)74(61-33-14-5-15-34-61)63-41-43-66-65-36-16-18-38-69(65)73(70(66)50-63,59-29-10-3-11-30-59)60-31-12-4-13-32-60/h1-50H. The number of aromatic nitrogens is 1. The van der Waals surface area contributed by atoms with E-state index in [9.17, 15) is 0 Å². The van der Waals surface area contributed by atoms with E-state index in [4.69, 9.17) is 0 Å². The summed E-state index contributed by atoms with van der Waals surface area (Å²) in [5.74, 6) is 0. The predicted octanol–water partition coefficient (Wildman–Crippen LogP) is 19.3. The van der Waals surface area contributed by atoms with Crippen LogP contribution in [0.25, 0.3) is 83.1 Å². The largest absolute Gasteiger partial charge is 0.310 e. The van der Waals surface area contributed by atoms with E-state index in [1.807, 2.05) is 0 Å². The normalized spacial score (nSPS) is 12.4. The van der Waals surface area contributed by atoms with Crippen LogP contribution in [0.2, 0.25) is 0 Å². The van der Waals surface area contributed by atoms with Gasteiger partial charge >= 0.3 is 0 Å². The molecule has 1 aromatic heterocycles. The first-order chi connectivity index (χ1) is 37.2. The predicted molar refractivity (Wildman–Crippen MR) is 315 cm³/mol. The molecule has 0 fully saturated rings. The van der Waals surface area contributed by atoms with Crippen LogP contribution in [0, 0.1) is 0 Å². The number of nitrogens with zero attached hydrogens (tertiary/aromatic N) is 2. The van der Waals surface area contributed by atoms with Gasteiger partial charge in [-0.05, 0) is 151 Å². The van der Waals surface area contributed by atoms with Crippen LogP contribution in [-0.4, -0.2) is 4.57 Å². The Labute approximate surface area is 438 Å². The third-order valence-electron chi connectivity index (χ3n) is 15.4. The molecular formula is C73H50N2.